The van der Waals surface area contributed by atoms with E-state index < -0.39 is 0 Å². The molecular formula is C14H14Br2N4O. The van der Waals surface area contributed by atoms with Crippen LogP contribution in [0, 0.1) is 0 Å². The van der Waals surface area contributed by atoms with Crippen molar-refractivity contribution in [1.29, 1.82) is 0 Å². The Morgan fingerprint density at radius 1 is 1.14 bits per heavy atom. The summed E-state index contributed by atoms with van der Waals surface area (Å²) in [5.41, 5.74) is 4.11. The predicted octanol–water partition coefficient (Wildman–Crippen LogP) is 3.78. The summed E-state index contributed by atoms with van der Waals surface area (Å²) in [6, 6.07) is 13.3. The normalized spacial score (nSPS) is 11.1. The van der Waals surface area contributed by atoms with Crippen molar-refractivity contribution < 1.29 is 4.74 Å². The molecule has 2 aromatic carbocycles. The van der Waals surface area contributed by atoms with Gasteiger partial charge in [-0.05, 0) is 50.1 Å². The molecule has 0 heterocycles. The van der Waals surface area contributed by atoms with Crippen molar-refractivity contribution in [3.63, 3.8) is 0 Å². The molecule has 0 fully saturated rings. The minimum atomic E-state index is 0.422. The van der Waals surface area contributed by atoms with Gasteiger partial charge in [0, 0.05) is 16.2 Å². The molecule has 0 aliphatic carbocycles. The maximum Gasteiger partial charge on any atom is 0.215 e. The first kappa shape index (κ1) is 15.8. The van der Waals surface area contributed by atoms with Gasteiger partial charge in [0.15, 0.2) is 0 Å². The van der Waals surface area contributed by atoms with Crippen LogP contribution in [0.3, 0.4) is 0 Å². The lowest BCUT2D eigenvalue weighted by molar-refractivity contribution is 0.412. The highest BCUT2D eigenvalue weighted by Crippen LogP contribution is 2.36. The molecule has 110 valence electrons. The van der Waals surface area contributed by atoms with Gasteiger partial charge in [0.2, 0.25) is 5.96 Å². The van der Waals surface area contributed by atoms with E-state index in [9.17, 15) is 0 Å². The van der Waals surface area contributed by atoms with Gasteiger partial charge in [0.1, 0.15) is 5.75 Å². The fourth-order valence-corrected chi connectivity index (χ4v) is 2.88. The highest BCUT2D eigenvalue weighted by molar-refractivity contribution is 9.11. The number of hydrazine groups is 1. The Hall–Kier alpha value is -1.57. The largest absolute Gasteiger partial charge is 0.495 e. The number of halogens is 2. The van der Waals surface area contributed by atoms with Crippen molar-refractivity contribution >= 4 is 49.2 Å². The number of aliphatic imine (C=N–C) groups is 1. The van der Waals surface area contributed by atoms with E-state index in [2.05, 4.69) is 47.6 Å². The SMILES string of the molecule is COc1cc(N=C(NN)Nc2ccccc2)c(Br)cc1Br. The monoisotopic (exact) mass is 412 g/mol. The smallest absolute Gasteiger partial charge is 0.215 e. The van der Waals surface area contributed by atoms with Crippen LogP contribution in [0.4, 0.5) is 11.4 Å². The van der Waals surface area contributed by atoms with Gasteiger partial charge in [-0.2, -0.15) is 0 Å². The number of ether oxygens (including phenoxy) is 1. The molecule has 7 heteroatoms. The van der Waals surface area contributed by atoms with Crippen molar-refractivity contribution in [3.05, 3.63) is 51.4 Å². The van der Waals surface area contributed by atoms with Crippen LogP contribution < -0.4 is 21.3 Å². The zero-order valence-electron chi connectivity index (χ0n) is 11.2. The molecule has 0 amide bonds. The third kappa shape index (κ3) is 4.20. The Kier molecular flexibility index (Phi) is 5.60. The van der Waals surface area contributed by atoms with E-state index in [-0.39, 0.29) is 0 Å². The van der Waals surface area contributed by atoms with Crippen molar-refractivity contribution in [1.82, 2.24) is 5.43 Å². The minimum Gasteiger partial charge on any atom is -0.495 e. The van der Waals surface area contributed by atoms with Crippen LogP contribution in [-0.4, -0.2) is 13.1 Å². The molecule has 21 heavy (non-hydrogen) atoms. The maximum absolute atomic E-state index is 5.52. The number of rotatable bonds is 3. The number of methoxy groups -OCH3 is 1. The summed E-state index contributed by atoms with van der Waals surface area (Å²) in [6.07, 6.45) is 0. The average molecular weight is 414 g/mol. The molecule has 2 aromatic rings. The second-order valence-corrected chi connectivity index (χ2v) is 5.74. The lowest BCUT2D eigenvalue weighted by Crippen LogP contribution is -2.35. The number of guanidine groups is 1. The predicted molar refractivity (Wildman–Crippen MR) is 92.9 cm³/mol. The van der Waals surface area contributed by atoms with Crippen LogP contribution in [0.2, 0.25) is 0 Å². The van der Waals surface area contributed by atoms with Gasteiger partial charge in [-0.15, -0.1) is 0 Å². The van der Waals surface area contributed by atoms with Crippen LogP contribution >= 0.6 is 31.9 Å². The zero-order valence-corrected chi connectivity index (χ0v) is 14.4. The van der Waals surface area contributed by atoms with Gasteiger partial charge in [-0.3, -0.25) is 5.43 Å². The number of nitrogens with one attached hydrogen (secondary N) is 2. The van der Waals surface area contributed by atoms with Crippen LogP contribution in [0.5, 0.6) is 5.75 Å². The second kappa shape index (κ2) is 7.44. The molecule has 0 aliphatic rings. The minimum absolute atomic E-state index is 0.422. The highest BCUT2D eigenvalue weighted by Gasteiger charge is 2.08. The summed E-state index contributed by atoms with van der Waals surface area (Å²) >= 11 is 6.88. The summed E-state index contributed by atoms with van der Waals surface area (Å²) in [5.74, 6) is 6.63. The molecule has 0 aromatic heterocycles. The standard InChI is InChI=1S/C14H14Br2N4O/c1-21-13-8-12(10(15)7-11(13)16)19-14(20-17)18-9-5-3-2-4-6-9/h2-8H,17H2,1H3,(H2,18,19,20). The summed E-state index contributed by atoms with van der Waals surface area (Å²) in [6.45, 7) is 0. The van der Waals surface area contributed by atoms with E-state index in [4.69, 9.17) is 10.6 Å². The summed E-state index contributed by atoms with van der Waals surface area (Å²) in [4.78, 5) is 4.44. The molecular weight excluding hydrogens is 400 g/mol. The van der Waals surface area contributed by atoms with Crippen LogP contribution in [-0.2, 0) is 0 Å². The molecule has 4 N–H and O–H groups in total. The number of benzene rings is 2. The Morgan fingerprint density at radius 2 is 1.86 bits per heavy atom. The Bertz CT molecular complexity index is 647. The number of hydrogen-bond donors (Lipinski definition) is 3. The van der Waals surface area contributed by atoms with Crippen molar-refractivity contribution in [3.8, 4) is 5.75 Å². The summed E-state index contributed by atoms with van der Waals surface area (Å²) < 4.78 is 6.92. The third-order valence-corrected chi connectivity index (χ3v) is 3.88. The third-order valence-electron chi connectivity index (χ3n) is 2.63. The first-order valence-electron chi connectivity index (χ1n) is 6.04. The average Bonchev–Trinajstić information content (AvgIpc) is 2.50. The Labute approximate surface area is 139 Å². The highest BCUT2D eigenvalue weighted by atomic mass is 79.9. The molecule has 0 atom stereocenters. The fourth-order valence-electron chi connectivity index (χ4n) is 1.64. The fraction of sp³-hybridized carbons (Fsp3) is 0.0714. The molecule has 0 saturated carbocycles. The second-order valence-electron chi connectivity index (χ2n) is 4.03. The summed E-state index contributed by atoms with van der Waals surface area (Å²) in [5, 5.41) is 3.10. The van der Waals surface area contributed by atoms with Crippen molar-refractivity contribution in [2.24, 2.45) is 10.8 Å². The first-order chi connectivity index (χ1) is 10.1. The lowest BCUT2D eigenvalue weighted by atomic mass is 10.3. The van der Waals surface area contributed by atoms with Gasteiger partial charge < -0.3 is 10.1 Å². The lowest BCUT2D eigenvalue weighted by Gasteiger charge is -2.11. The number of nitrogens with two attached hydrogens (primary N) is 1. The van der Waals surface area contributed by atoms with E-state index in [0.717, 1.165) is 14.6 Å². The topological polar surface area (TPSA) is 71.7 Å². The van der Waals surface area contributed by atoms with Gasteiger partial charge in [-0.1, -0.05) is 18.2 Å². The Balaban J connectivity index is 2.31. The number of hydrogen-bond acceptors (Lipinski definition) is 3. The van der Waals surface area contributed by atoms with E-state index in [1.165, 1.54) is 0 Å². The molecule has 0 spiro atoms. The molecule has 2 rings (SSSR count). The van der Waals surface area contributed by atoms with Crippen LogP contribution in [0.25, 0.3) is 0 Å². The first-order valence-corrected chi connectivity index (χ1v) is 7.63. The van der Waals surface area contributed by atoms with Gasteiger partial charge in [0.25, 0.3) is 0 Å². The number of anilines is 1. The van der Waals surface area contributed by atoms with Crippen molar-refractivity contribution in [2.45, 2.75) is 0 Å². The maximum atomic E-state index is 5.52. The summed E-state index contributed by atoms with van der Waals surface area (Å²) in [7, 11) is 1.60. The van der Waals surface area contributed by atoms with Crippen LogP contribution in [0.1, 0.15) is 0 Å². The Morgan fingerprint density at radius 3 is 2.48 bits per heavy atom. The molecule has 0 radical (unpaired) electrons. The van der Waals surface area contributed by atoms with E-state index in [0.29, 0.717) is 17.4 Å². The van der Waals surface area contributed by atoms with Crippen molar-refractivity contribution in [2.75, 3.05) is 12.4 Å². The van der Waals surface area contributed by atoms with Crippen LogP contribution in [0.15, 0.2) is 56.4 Å². The molecule has 0 bridgehead atoms. The zero-order chi connectivity index (χ0) is 15.2. The van der Waals surface area contributed by atoms with Gasteiger partial charge in [-0.25, -0.2) is 10.8 Å². The van der Waals surface area contributed by atoms with E-state index >= 15 is 0 Å². The molecule has 0 aliphatic heterocycles. The molecule has 5 nitrogen and oxygen atoms in total. The quantitative estimate of drug-likeness (QED) is 0.310. The van der Waals surface area contributed by atoms with Gasteiger partial charge in [0.05, 0.1) is 17.3 Å². The number of para-hydroxylation sites is 1. The molecule has 0 saturated heterocycles. The van der Waals surface area contributed by atoms with E-state index in [1.54, 1.807) is 13.2 Å². The van der Waals surface area contributed by atoms with E-state index in [1.807, 2.05) is 36.4 Å². The molecule has 0 unspecified atom stereocenters. The number of nitrogens with zero attached hydrogens (tertiary/aromatic N) is 1. The van der Waals surface area contributed by atoms with Gasteiger partial charge >= 0.3 is 0 Å².